The number of rotatable bonds is 5. The van der Waals surface area contributed by atoms with Crippen molar-refractivity contribution in [1.29, 1.82) is 0 Å². The lowest BCUT2D eigenvalue weighted by Crippen LogP contribution is -2.41. The molecule has 5 heteroatoms. The number of amides is 1. The summed E-state index contributed by atoms with van der Waals surface area (Å²) in [6.07, 6.45) is 2.23. The quantitative estimate of drug-likeness (QED) is 0.825. The average Bonchev–Trinajstić information content (AvgIpc) is 2.41. The molecule has 1 aromatic carbocycles. The highest BCUT2D eigenvalue weighted by Crippen LogP contribution is 2.08. The van der Waals surface area contributed by atoms with Crippen LogP contribution in [0, 0.1) is 0 Å². The van der Waals surface area contributed by atoms with Crippen molar-refractivity contribution in [2.24, 2.45) is 0 Å². The van der Waals surface area contributed by atoms with E-state index in [2.05, 4.69) is 20.6 Å². The fourth-order valence-corrected chi connectivity index (χ4v) is 1.98. The molecular formula is C16H22N4O. The Hall–Kier alpha value is -2.01. The number of carbonyl (C=O) groups excluding carboxylic acids is 1. The largest absolute Gasteiger partial charge is 0.351 e. The molecule has 112 valence electrons. The van der Waals surface area contributed by atoms with Gasteiger partial charge in [0.2, 0.25) is 5.91 Å². The minimum atomic E-state index is -0.180. The molecule has 0 radical (unpaired) electrons. The van der Waals surface area contributed by atoms with E-state index in [1.165, 1.54) is 0 Å². The van der Waals surface area contributed by atoms with Gasteiger partial charge in [-0.15, -0.1) is 0 Å². The number of nitrogens with one attached hydrogen (secondary N) is 2. The predicted octanol–water partition coefficient (Wildman–Crippen LogP) is 2.02. The van der Waals surface area contributed by atoms with Gasteiger partial charge in [0, 0.05) is 25.0 Å². The van der Waals surface area contributed by atoms with Crippen LogP contribution >= 0.6 is 0 Å². The first kappa shape index (κ1) is 15.4. The molecule has 0 fully saturated rings. The number of hydrogen-bond donors (Lipinski definition) is 2. The number of hydrogen-bond acceptors (Lipinski definition) is 4. The monoisotopic (exact) mass is 286 g/mol. The standard InChI is InChI=1S/C16H22N4O/c1-16(2,3)20-15(21)8-9-17-10-12-11-18-13-6-4-5-7-14(13)19-12/h4-7,11,17H,8-10H2,1-3H3,(H,20,21). The zero-order valence-electron chi connectivity index (χ0n) is 12.8. The molecule has 0 bridgehead atoms. The van der Waals surface area contributed by atoms with E-state index < -0.39 is 0 Å². The smallest absolute Gasteiger partial charge is 0.221 e. The minimum Gasteiger partial charge on any atom is -0.351 e. The fraction of sp³-hybridized carbons (Fsp3) is 0.438. The third-order valence-corrected chi connectivity index (χ3v) is 2.85. The van der Waals surface area contributed by atoms with Crippen molar-refractivity contribution in [1.82, 2.24) is 20.6 Å². The Morgan fingerprint density at radius 2 is 1.90 bits per heavy atom. The highest BCUT2D eigenvalue weighted by Gasteiger charge is 2.12. The summed E-state index contributed by atoms with van der Waals surface area (Å²) in [6.45, 7) is 7.16. The average molecular weight is 286 g/mol. The Kier molecular flexibility index (Phi) is 4.85. The van der Waals surface area contributed by atoms with Crippen molar-refractivity contribution in [2.75, 3.05) is 6.54 Å². The van der Waals surface area contributed by atoms with Crippen molar-refractivity contribution < 1.29 is 4.79 Å². The first-order chi connectivity index (χ1) is 9.94. The molecule has 21 heavy (non-hydrogen) atoms. The summed E-state index contributed by atoms with van der Waals surface area (Å²) in [6, 6.07) is 7.78. The summed E-state index contributed by atoms with van der Waals surface area (Å²) in [4.78, 5) is 20.6. The Morgan fingerprint density at radius 3 is 2.62 bits per heavy atom. The van der Waals surface area contributed by atoms with E-state index in [1.807, 2.05) is 45.0 Å². The maximum atomic E-state index is 11.7. The van der Waals surface area contributed by atoms with E-state index in [1.54, 1.807) is 6.20 Å². The highest BCUT2D eigenvalue weighted by atomic mass is 16.1. The van der Waals surface area contributed by atoms with Gasteiger partial charge in [-0.05, 0) is 32.9 Å². The molecule has 5 nitrogen and oxygen atoms in total. The molecule has 0 saturated carbocycles. The molecule has 0 spiro atoms. The molecule has 2 N–H and O–H groups in total. The third-order valence-electron chi connectivity index (χ3n) is 2.85. The Morgan fingerprint density at radius 1 is 1.19 bits per heavy atom. The zero-order valence-corrected chi connectivity index (χ0v) is 12.8. The zero-order chi connectivity index (χ0) is 15.3. The van der Waals surface area contributed by atoms with Crippen LogP contribution in [0.1, 0.15) is 32.9 Å². The Labute approximate surface area is 125 Å². The number of carbonyl (C=O) groups is 1. The number of fused-ring (bicyclic) bond motifs is 1. The molecule has 1 heterocycles. The molecule has 2 rings (SSSR count). The second-order valence-electron chi connectivity index (χ2n) is 6.08. The number of aromatic nitrogens is 2. The van der Waals surface area contributed by atoms with E-state index in [4.69, 9.17) is 0 Å². The van der Waals surface area contributed by atoms with E-state index in [-0.39, 0.29) is 11.4 Å². The van der Waals surface area contributed by atoms with Crippen LogP contribution in [-0.4, -0.2) is 28.0 Å². The van der Waals surface area contributed by atoms with E-state index in [0.29, 0.717) is 19.5 Å². The minimum absolute atomic E-state index is 0.0552. The molecule has 0 aliphatic heterocycles. The van der Waals surface area contributed by atoms with Gasteiger partial charge in [-0.1, -0.05) is 12.1 Å². The van der Waals surface area contributed by atoms with Crippen LogP contribution in [0.3, 0.4) is 0 Å². The van der Waals surface area contributed by atoms with Gasteiger partial charge in [-0.25, -0.2) is 4.98 Å². The van der Waals surface area contributed by atoms with E-state index in [0.717, 1.165) is 16.7 Å². The third kappa shape index (κ3) is 5.11. The van der Waals surface area contributed by atoms with Gasteiger partial charge in [0.1, 0.15) is 0 Å². The van der Waals surface area contributed by atoms with Crippen LogP contribution in [0.25, 0.3) is 11.0 Å². The molecule has 0 atom stereocenters. The lowest BCUT2D eigenvalue weighted by atomic mass is 10.1. The number of benzene rings is 1. The van der Waals surface area contributed by atoms with Crippen LogP contribution < -0.4 is 10.6 Å². The first-order valence-corrected chi connectivity index (χ1v) is 7.16. The molecule has 1 amide bonds. The molecule has 2 aromatic rings. The lowest BCUT2D eigenvalue weighted by molar-refractivity contribution is -0.122. The van der Waals surface area contributed by atoms with Crippen LogP contribution in [0.4, 0.5) is 0 Å². The summed E-state index contributed by atoms with van der Waals surface area (Å²) in [5.74, 6) is 0.0552. The summed E-state index contributed by atoms with van der Waals surface area (Å²) >= 11 is 0. The molecule has 0 aliphatic rings. The van der Waals surface area contributed by atoms with Crippen molar-refractivity contribution in [3.8, 4) is 0 Å². The van der Waals surface area contributed by atoms with Gasteiger partial charge in [-0.2, -0.15) is 0 Å². The molecule has 1 aromatic heterocycles. The normalized spacial score (nSPS) is 11.6. The van der Waals surface area contributed by atoms with Crippen molar-refractivity contribution in [2.45, 2.75) is 39.3 Å². The van der Waals surface area contributed by atoms with E-state index in [9.17, 15) is 4.79 Å². The molecule has 0 saturated heterocycles. The van der Waals surface area contributed by atoms with Gasteiger partial charge in [-0.3, -0.25) is 9.78 Å². The van der Waals surface area contributed by atoms with Gasteiger partial charge < -0.3 is 10.6 Å². The van der Waals surface area contributed by atoms with Gasteiger partial charge in [0.25, 0.3) is 0 Å². The lowest BCUT2D eigenvalue weighted by Gasteiger charge is -2.20. The van der Waals surface area contributed by atoms with Crippen LogP contribution in [0.15, 0.2) is 30.5 Å². The first-order valence-electron chi connectivity index (χ1n) is 7.16. The van der Waals surface area contributed by atoms with Gasteiger partial charge >= 0.3 is 0 Å². The van der Waals surface area contributed by atoms with Gasteiger partial charge in [0.15, 0.2) is 0 Å². The maximum absolute atomic E-state index is 11.7. The van der Waals surface area contributed by atoms with Crippen LogP contribution in [-0.2, 0) is 11.3 Å². The predicted molar refractivity (Wildman–Crippen MR) is 83.8 cm³/mol. The van der Waals surface area contributed by atoms with Gasteiger partial charge in [0.05, 0.1) is 22.9 Å². The highest BCUT2D eigenvalue weighted by molar-refractivity contribution is 5.76. The van der Waals surface area contributed by atoms with Crippen LogP contribution in [0.2, 0.25) is 0 Å². The van der Waals surface area contributed by atoms with Crippen molar-refractivity contribution in [3.63, 3.8) is 0 Å². The Balaban J connectivity index is 1.79. The summed E-state index contributed by atoms with van der Waals surface area (Å²) in [7, 11) is 0. The molecule has 0 unspecified atom stereocenters. The van der Waals surface area contributed by atoms with Crippen molar-refractivity contribution in [3.05, 3.63) is 36.2 Å². The van der Waals surface area contributed by atoms with E-state index >= 15 is 0 Å². The second-order valence-corrected chi connectivity index (χ2v) is 6.08. The summed E-state index contributed by atoms with van der Waals surface area (Å²) in [5.41, 5.74) is 2.49. The number of nitrogens with zero attached hydrogens (tertiary/aromatic N) is 2. The summed E-state index contributed by atoms with van der Waals surface area (Å²) < 4.78 is 0. The SMILES string of the molecule is CC(C)(C)NC(=O)CCNCc1cnc2ccccc2n1. The maximum Gasteiger partial charge on any atom is 0.221 e. The topological polar surface area (TPSA) is 66.9 Å². The fourth-order valence-electron chi connectivity index (χ4n) is 1.98. The number of para-hydroxylation sites is 2. The molecular weight excluding hydrogens is 264 g/mol. The van der Waals surface area contributed by atoms with Crippen molar-refractivity contribution >= 4 is 16.9 Å². The van der Waals surface area contributed by atoms with Crippen LogP contribution in [0.5, 0.6) is 0 Å². The Bertz CT molecular complexity index is 619. The molecule has 0 aliphatic carbocycles. The summed E-state index contributed by atoms with van der Waals surface area (Å²) in [5, 5.41) is 6.15. The second kappa shape index (κ2) is 6.63.